The highest BCUT2D eigenvalue weighted by Gasteiger charge is 2.44. The Kier molecular flexibility index (Phi) is 12.7. The molecule has 0 bridgehead atoms. The van der Waals surface area contributed by atoms with Crippen molar-refractivity contribution in [3.05, 3.63) is 87.8 Å². The maximum absolute atomic E-state index is 14.8. The van der Waals surface area contributed by atoms with Gasteiger partial charge in [-0.25, -0.2) is 8.78 Å². The average molecular weight is 973 g/mol. The summed E-state index contributed by atoms with van der Waals surface area (Å²) in [7, 11) is 1.80. The Morgan fingerprint density at radius 1 is 0.929 bits per heavy atom. The lowest BCUT2D eigenvalue weighted by molar-refractivity contribution is -0.129. The summed E-state index contributed by atoms with van der Waals surface area (Å²) in [5, 5.41) is 29.0. The first-order valence-corrected chi connectivity index (χ1v) is 25.9. The Hall–Kier alpha value is -5.79. The van der Waals surface area contributed by atoms with E-state index < -0.39 is 6.43 Å². The van der Waals surface area contributed by atoms with Crippen LogP contribution in [-0.4, -0.2) is 117 Å². The van der Waals surface area contributed by atoms with Gasteiger partial charge in [0, 0.05) is 132 Å². The van der Waals surface area contributed by atoms with Crippen molar-refractivity contribution < 1.29 is 13.6 Å². The minimum Gasteiger partial charge on any atom is -0.368 e. The zero-order valence-electron chi connectivity index (χ0n) is 40.7. The van der Waals surface area contributed by atoms with Crippen LogP contribution in [0.4, 0.5) is 37.6 Å². The number of amides is 1. The van der Waals surface area contributed by atoms with Gasteiger partial charge in [-0.05, 0) is 130 Å². The molecule has 6 aliphatic rings. The van der Waals surface area contributed by atoms with Crippen molar-refractivity contribution in [3.63, 3.8) is 0 Å². The highest BCUT2D eigenvalue weighted by Crippen LogP contribution is 2.47. The van der Waals surface area contributed by atoms with Crippen molar-refractivity contribution in [1.82, 2.24) is 39.6 Å². The number of anilines is 5. The van der Waals surface area contributed by atoms with Gasteiger partial charge in [-0.2, -0.15) is 15.5 Å². The molecule has 368 valence electrons. The summed E-state index contributed by atoms with van der Waals surface area (Å²) in [5.74, 6) is 3.39. The van der Waals surface area contributed by atoms with Crippen LogP contribution in [0.3, 0.4) is 0 Å². The zero-order valence-corrected chi connectivity index (χ0v) is 41.5. The van der Waals surface area contributed by atoms with E-state index in [9.17, 15) is 18.8 Å². The average Bonchev–Trinajstić information content (AvgIpc) is 4.08. The smallest absolute Gasteiger partial charge is 0.264 e. The second kappa shape index (κ2) is 19.1. The number of benzene rings is 2. The number of piperidine rings is 3. The van der Waals surface area contributed by atoms with E-state index in [0.29, 0.717) is 53.3 Å². The Balaban J connectivity index is 0.693. The maximum Gasteiger partial charge on any atom is 0.264 e. The molecule has 1 spiro atoms. The minimum atomic E-state index is -2.65. The summed E-state index contributed by atoms with van der Waals surface area (Å²) in [6.07, 6.45) is 10.8. The molecule has 0 aliphatic carbocycles. The van der Waals surface area contributed by atoms with Crippen LogP contribution in [-0.2, 0) is 31.2 Å². The number of nitriles is 1. The molecule has 11 rings (SSSR count). The lowest BCUT2D eigenvalue weighted by atomic mass is 9.77. The van der Waals surface area contributed by atoms with Crippen LogP contribution in [0, 0.1) is 22.7 Å². The third-order valence-corrected chi connectivity index (χ3v) is 17.0. The molecule has 1 atom stereocenters. The topological polar surface area (TPSA) is 122 Å². The summed E-state index contributed by atoms with van der Waals surface area (Å²) in [4.78, 5) is 26.7. The number of aryl methyl sites for hydroxylation is 2. The van der Waals surface area contributed by atoms with Gasteiger partial charge >= 0.3 is 0 Å². The summed E-state index contributed by atoms with van der Waals surface area (Å²) >= 11 is 6.42. The molecule has 1 amide bonds. The fraction of sp³-hybridized carbons (Fsp3) is 0.547. The first-order chi connectivity index (χ1) is 33.9. The molecule has 3 aromatic heterocycles. The summed E-state index contributed by atoms with van der Waals surface area (Å²) in [5.41, 5.74) is 7.16. The predicted octanol–water partition coefficient (Wildman–Crippen LogP) is 8.96. The predicted molar refractivity (Wildman–Crippen MR) is 269 cm³/mol. The van der Waals surface area contributed by atoms with E-state index in [-0.39, 0.29) is 22.9 Å². The molecule has 5 aromatic rings. The molecule has 14 nitrogen and oxygen atoms in total. The maximum atomic E-state index is 14.8. The van der Waals surface area contributed by atoms with Gasteiger partial charge in [0.2, 0.25) is 5.91 Å². The lowest BCUT2D eigenvalue weighted by Gasteiger charge is -2.40. The Morgan fingerprint density at radius 3 is 2.33 bits per heavy atom. The number of rotatable bonds is 9. The number of carbonyl (C=O) groups excluding carboxylic acids is 1. The number of hydrogen-bond acceptors (Lipinski definition) is 11. The van der Waals surface area contributed by atoms with Crippen LogP contribution in [0.25, 0.3) is 11.1 Å². The van der Waals surface area contributed by atoms with E-state index in [2.05, 4.69) is 59.4 Å². The normalized spacial score (nSPS) is 21.2. The molecule has 2 aromatic carbocycles. The molecular weight excluding hydrogens is 908 g/mol. The van der Waals surface area contributed by atoms with Gasteiger partial charge in [-0.3, -0.25) is 14.2 Å². The van der Waals surface area contributed by atoms with Gasteiger partial charge in [0.15, 0.2) is 17.5 Å². The van der Waals surface area contributed by atoms with E-state index in [1.807, 2.05) is 29.2 Å². The standard InChI is InChI=1S/C53H64ClF2N13O/c1-35-28-53(34-68(35)42-7-6-39(29-57)46(54)26-42)15-23-65(24-16-53)50-9-8-49(59-60-50)64-20-10-37(11-21-64)31-63-18-12-41(13-19-63)69-47-14-22-66(36(2)70)33-45(47)52(61-69)67-17-4-5-38-25-43(40-30-58-62(3)32-40)44(51(55)56)27-48(38)67/h6-9,25-27,30,32,35,37,41,51H,4-5,10-24,28,31,33-34H2,1-3H3/t35-/m0/s1. The molecule has 17 heteroatoms. The van der Waals surface area contributed by atoms with Crippen molar-refractivity contribution in [2.45, 2.75) is 103 Å². The number of aromatic nitrogens is 6. The number of halogens is 3. The Bertz CT molecular complexity index is 2760. The van der Waals surface area contributed by atoms with Gasteiger partial charge in [0.05, 0.1) is 29.4 Å². The van der Waals surface area contributed by atoms with Crippen molar-refractivity contribution in [2.75, 3.05) is 85.0 Å². The van der Waals surface area contributed by atoms with E-state index in [4.69, 9.17) is 26.9 Å². The molecule has 70 heavy (non-hydrogen) atoms. The van der Waals surface area contributed by atoms with Crippen LogP contribution in [0.5, 0.6) is 0 Å². The van der Waals surface area contributed by atoms with Gasteiger partial charge in [0.1, 0.15) is 6.07 Å². The first kappa shape index (κ1) is 46.6. The highest BCUT2D eigenvalue weighted by atomic mass is 35.5. The third-order valence-electron chi connectivity index (χ3n) is 16.7. The quantitative estimate of drug-likeness (QED) is 0.141. The number of hydrogen-bond donors (Lipinski definition) is 0. The Morgan fingerprint density at radius 2 is 1.67 bits per heavy atom. The number of likely N-dealkylation sites (tertiary alicyclic amines) is 1. The molecule has 0 unspecified atom stereocenters. The van der Waals surface area contributed by atoms with Crippen LogP contribution in [0.15, 0.2) is 54.9 Å². The molecule has 9 heterocycles. The van der Waals surface area contributed by atoms with Gasteiger partial charge in [-0.15, -0.1) is 10.2 Å². The molecule has 4 saturated heterocycles. The van der Waals surface area contributed by atoms with Crippen LogP contribution < -0.4 is 19.6 Å². The van der Waals surface area contributed by atoms with E-state index in [1.165, 1.54) is 5.69 Å². The SMILES string of the molecule is CC(=O)N1CCc2c(c(N3CCCc4cc(-c5cnn(C)c5)c(C(F)F)cc43)nn2C2CCN(CC3CCN(c4ccc(N5CCC6(CC5)C[C@H](C)N(c5ccc(C#N)c(Cl)c5)C6)nn4)CC3)CC2)C1. The number of fused-ring (bicyclic) bond motifs is 2. The van der Waals surface area contributed by atoms with Crippen molar-refractivity contribution in [3.8, 4) is 17.2 Å². The van der Waals surface area contributed by atoms with Crippen molar-refractivity contribution in [1.29, 1.82) is 5.26 Å². The van der Waals surface area contributed by atoms with E-state index >= 15 is 0 Å². The fourth-order valence-corrected chi connectivity index (χ4v) is 13.0. The molecule has 6 aliphatic heterocycles. The molecule has 4 fully saturated rings. The number of carbonyl (C=O) groups is 1. The molecule has 0 N–H and O–H groups in total. The lowest BCUT2D eigenvalue weighted by Crippen LogP contribution is -2.43. The fourth-order valence-electron chi connectivity index (χ4n) is 12.8. The van der Waals surface area contributed by atoms with Crippen molar-refractivity contribution >= 4 is 46.3 Å². The summed E-state index contributed by atoms with van der Waals surface area (Å²) in [6, 6.07) is 16.6. The monoisotopic (exact) mass is 972 g/mol. The highest BCUT2D eigenvalue weighted by molar-refractivity contribution is 6.32. The Labute approximate surface area is 414 Å². The number of nitrogens with zero attached hydrogens (tertiary/aromatic N) is 13. The van der Waals surface area contributed by atoms with Crippen LogP contribution >= 0.6 is 11.6 Å². The summed E-state index contributed by atoms with van der Waals surface area (Å²) in [6.45, 7) is 13.7. The molecule has 0 saturated carbocycles. The van der Waals surface area contributed by atoms with Gasteiger partial charge < -0.3 is 29.4 Å². The van der Waals surface area contributed by atoms with Crippen molar-refractivity contribution in [2.24, 2.45) is 18.4 Å². The van der Waals surface area contributed by atoms with Gasteiger partial charge in [-0.1, -0.05) is 11.6 Å². The van der Waals surface area contributed by atoms with E-state index in [0.717, 1.165) is 157 Å². The second-order valence-corrected chi connectivity index (χ2v) is 21.5. The third kappa shape index (κ3) is 8.97. The minimum absolute atomic E-state index is 0.00156. The van der Waals surface area contributed by atoms with Crippen LogP contribution in [0.1, 0.15) is 106 Å². The number of alkyl halides is 2. The first-order valence-electron chi connectivity index (χ1n) is 25.5. The van der Waals surface area contributed by atoms with Crippen LogP contribution in [0.2, 0.25) is 5.02 Å². The van der Waals surface area contributed by atoms with Gasteiger partial charge in [0.25, 0.3) is 6.43 Å². The molecule has 0 radical (unpaired) electrons. The summed E-state index contributed by atoms with van der Waals surface area (Å²) < 4.78 is 33.5. The largest absolute Gasteiger partial charge is 0.368 e. The zero-order chi connectivity index (χ0) is 48.3. The van der Waals surface area contributed by atoms with E-state index in [1.54, 1.807) is 37.1 Å². The molecular formula is C53H64ClF2N13O. The second-order valence-electron chi connectivity index (χ2n) is 21.1.